The Bertz CT molecular complexity index is 910. The summed E-state index contributed by atoms with van der Waals surface area (Å²) < 4.78 is 6.04. The van der Waals surface area contributed by atoms with Crippen molar-refractivity contribution in [3.63, 3.8) is 0 Å². The van der Waals surface area contributed by atoms with E-state index in [1.54, 1.807) is 6.20 Å². The highest BCUT2D eigenvalue weighted by atomic mass is 16.4. The first kappa shape index (κ1) is 18.2. The molecule has 2 N–H and O–H groups in total. The molecule has 0 saturated heterocycles. The molecule has 0 spiro atoms. The topological polar surface area (TPSA) is 82.4 Å². The summed E-state index contributed by atoms with van der Waals surface area (Å²) in [4.78, 5) is 21.3. The fourth-order valence-electron chi connectivity index (χ4n) is 3.15. The molecule has 0 fully saturated rings. The van der Waals surface area contributed by atoms with E-state index in [2.05, 4.69) is 23.8 Å². The van der Waals surface area contributed by atoms with Gasteiger partial charge in [0.15, 0.2) is 11.5 Å². The smallest absolute Gasteiger partial charge is 0.358 e. The lowest BCUT2D eigenvalue weighted by molar-refractivity contribution is 0.0691. The number of benzene rings is 1. The van der Waals surface area contributed by atoms with Crippen LogP contribution >= 0.6 is 0 Å². The Morgan fingerprint density at radius 1 is 1.35 bits per heavy atom. The molecule has 26 heavy (non-hydrogen) atoms. The van der Waals surface area contributed by atoms with Crippen LogP contribution in [0.15, 0.2) is 34.9 Å². The Kier molecular flexibility index (Phi) is 5.13. The summed E-state index contributed by atoms with van der Waals surface area (Å²) in [5.74, 6) is 0.161. The minimum Gasteiger partial charge on any atom is -0.476 e. The molecule has 0 aliphatic heterocycles. The first-order valence-electron chi connectivity index (χ1n) is 8.89. The van der Waals surface area contributed by atoms with Crippen LogP contribution in [0.3, 0.4) is 0 Å². The van der Waals surface area contributed by atoms with E-state index in [1.807, 2.05) is 43.3 Å². The molecular weight excluding hydrogens is 330 g/mol. The van der Waals surface area contributed by atoms with Crippen molar-refractivity contribution in [2.24, 2.45) is 5.92 Å². The number of nitrogens with zero attached hydrogens (tertiary/aromatic N) is 2. The molecule has 1 aromatic carbocycles. The van der Waals surface area contributed by atoms with Crippen LogP contribution in [-0.4, -0.2) is 40.0 Å². The van der Waals surface area contributed by atoms with Gasteiger partial charge in [0, 0.05) is 22.7 Å². The molecule has 0 saturated carbocycles. The van der Waals surface area contributed by atoms with E-state index in [0.717, 1.165) is 29.3 Å². The van der Waals surface area contributed by atoms with E-state index >= 15 is 0 Å². The summed E-state index contributed by atoms with van der Waals surface area (Å²) in [7, 11) is 3.92. The predicted octanol–water partition coefficient (Wildman–Crippen LogP) is 4.56. The van der Waals surface area contributed by atoms with Crippen LogP contribution in [0.25, 0.3) is 22.2 Å². The lowest BCUT2D eigenvalue weighted by Gasteiger charge is -2.23. The van der Waals surface area contributed by atoms with Gasteiger partial charge in [-0.05, 0) is 32.5 Å². The number of carbonyl (C=O) groups is 1. The van der Waals surface area contributed by atoms with Crippen LogP contribution in [-0.2, 0) is 0 Å². The average molecular weight is 355 g/mol. The zero-order chi connectivity index (χ0) is 18.8. The Balaban J connectivity index is 2.10. The lowest BCUT2D eigenvalue weighted by Crippen LogP contribution is -2.22. The number of carboxylic acids is 1. The van der Waals surface area contributed by atoms with Gasteiger partial charge in [0.25, 0.3) is 0 Å². The number of oxazole rings is 1. The molecule has 0 aliphatic rings. The monoisotopic (exact) mass is 355 g/mol. The Morgan fingerprint density at radius 2 is 2.08 bits per heavy atom. The molecule has 0 aliphatic carbocycles. The Hall–Kier alpha value is -2.60. The van der Waals surface area contributed by atoms with Crippen molar-refractivity contribution in [2.45, 2.75) is 32.7 Å². The predicted molar refractivity (Wildman–Crippen MR) is 101 cm³/mol. The quantitative estimate of drug-likeness (QED) is 0.649. The van der Waals surface area contributed by atoms with Crippen LogP contribution in [0.2, 0.25) is 0 Å². The van der Waals surface area contributed by atoms with E-state index < -0.39 is 5.97 Å². The molecule has 2 heterocycles. The number of rotatable bonds is 7. The number of para-hydroxylation sites is 1. The number of nitrogens with one attached hydrogen (secondary N) is 1. The molecule has 6 nitrogen and oxygen atoms in total. The molecule has 0 amide bonds. The Labute approximate surface area is 152 Å². The van der Waals surface area contributed by atoms with Crippen molar-refractivity contribution in [3.8, 4) is 11.3 Å². The second-order valence-corrected chi connectivity index (χ2v) is 7.01. The molecule has 2 unspecified atom stereocenters. The minimum absolute atomic E-state index is 0.0410. The van der Waals surface area contributed by atoms with Gasteiger partial charge in [0.05, 0.1) is 6.04 Å². The molecule has 0 bridgehead atoms. The van der Waals surface area contributed by atoms with Gasteiger partial charge in [-0.15, -0.1) is 0 Å². The van der Waals surface area contributed by atoms with Gasteiger partial charge in [0.1, 0.15) is 0 Å². The van der Waals surface area contributed by atoms with Crippen LogP contribution < -0.4 is 0 Å². The van der Waals surface area contributed by atoms with Gasteiger partial charge in [-0.2, -0.15) is 0 Å². The van der Waals surface area contributed by atoms with Crippen molar-refractivity contribution in [1.29, 1.82) is 0 Å². The van der Waals surface area contributed by atoms with Gasteiger partial charge >= 0.3 is 5.97 Å². The summed E-state index contributed by atoms with van der Waals surface area (Å²) in [5, 5.41) is 10.6. The number of H-pyrrole nitrogens is 1. The number of hydrogen-bond donors (Lipinski definition) is 2. The summed E-state index contributed by atoms with van der Waals surface area (Å²) in [6.07, 6.45) is 3.68. The van der Waals surface area contributed by atoms with E-state index in [-0.39, 0.29) is 11.7 Å². The fourth-order valence-corrected chi connectivity index (χ4v) is 3.15. The number of hydrogen-bond acceptors (Lipinski definition) is 4. The van der Waals surface area contributed by atoms with Gasteiger partial charge in [-0.25, -0.2) is 9.78 Å². The van der Waals surface area contributed by atoms with Crippen LogP contribution in [0.5, 0.6) is 0 Å². The molecule has 138 valence electrons. The van der Waals surface area contributed by atoms with Crippen LogP contribution in [0.4, 0.5) is 0 Å². The van der Waals surface area contributed by atoms with Crippen molar-refractivity contribution < 1.29 is 14.3 Å². The number of fused-ring (bicyclic) bond motifs is 1. The molecule has 6 heteroatoms. The van der Waals surface area contributed by atoms with Crippen molar-refractivity contribution >= 4 is 16.9 Å². The summed E-state index contributed by atoms with van der Waals surface area (Å²) >= 11 is 0. The maximum absolute atomic E-state index is 11.8. The van der Waals surface area contributed by atoms with Gasteiger partial charge in [-0.1, -0.05) is 38.5 Å². The zero-order valence-corrected chi connectivity index (χ0v) is 15.6. The third-order valence-electron chi connectivity index (χ3n) is 4.91. The Morgan fingerprint density at radius 3 is 2.73 bits per heavy atom. The first-order chi connectivity index (χ1) is 12.4. The second kappa shape index (κ2) is 7.33. The molecule has 3 rings (SSSR count). The van der Waals surface area contributed by atoms with E-state index in [4.69, 9.17) is 4.42 Å². The van der Waals surface area contributed by atoms with Crippen molar-refractivity contribution in [2.75, 3.05) is 14.1 Å². The second-order valence-electron chi connectivity index (χ2n) is 7.01. The fraction of sp³-hybridized carbons (Fsp3) is 0.400. The number of aromatic nitrogens is 2. The van der Waals surface area contributed by atoms with E-state index in [1.165, 1.54) is 0 Å². The summed E-state index contributed by atoms with van der Waals surface area (Å²) in [6, 6.07) is 7.67. The molecule has 0 radical (unpaired) electrons. The molecular formula is C20H25N3O3. The van der Waals surface area contributed by atoms with Crippen LogP contribution in [0.1, 0.15) is 49.1 Å². The van der Waals surface area contributed by atoms with Crippen molar-refractivity contribution in [1.82, 2.24) is 14.9 Å². The number of aromatic amines is 1. The standard InChI is InChI=1S/C20H25N3O3/c1-5-12(2)10-16(23(3)4)19-22-17(20(24)25)18(26-19)14-11-21-15-9-7-6-8-13(14)15/h6-9,11-12,16,21H,5,10H2,1-4H3,(H,24,25). The zero-order valence-electron chi connectivity index (χ0n) is 15.6. The van der Waals surface area contributed by atoms with Gasteiger partial charge < -0.3 is 14.5 Å². The number of aromatic carboxylic acids is 1. The van der Waals surface area contributed by atoms with E-state index in [9.17, 15) is 9.90 Å². The normalized spacial score (nSPS) is 14.0. The highest BCUT2D eigenvalue weighted by Crippen LogP contribution is 2.35. The third-order valence-corrected chi connectivity index (χ3v) is 4.91. The largest absolute Gasteiger partial charge is 0.476 e. The molecule has 2 atom stereocenters. The first-order valence-corrected chi connectivity index (χ1v) is 8.89. The van der Waals surface area contributed by atoms with Gasteiger partial charge in [0.2, 0.25) is 5.89 Å². The minimum atomic E-state index is -1.08. The maximum Gasteiger partial charge on any atom is 0.358 e. The summed E-state index contributed by atoms with van der Waals surface area (Å²) in [6.45, 7) is 4.32. The third kappa shape index (κ3) is 3.37. The SMILES string of the molecule is CCC(C)CC(c1nc(C(=O)O)c(-c2c[nH]c3ccccc23)o1)N(C)C. The molecule has 3 aromatic rings. The maximum atomic E-state index is 11.8. The lowest BCUT2D eigenvalue weighted by atomic mass is 9.98. The molecule has 2 aromatic heterocycles. The highest BCUT2D eigenvalue weighted by Gasteiger charge is 2.28. The number of carboxylic acid groups (broad SMARTS) is 1. The van der Waals surface area contributed by atoms with E-state index in [0.29, 0.717) is 17.6 Å². The van der Waals surface area contributed by atoms with Crippen LogP contribution in [0, 0.1) is 5.92 Å². The average Bonchev–Trinajstić information content (AvgIpc) is 3.23. The van der Waals surface area contributed by atoms with Crippen molar-refractivity contribution in [3.05, 3.63) is 42.0 Å². The highest BCUT2D eigenvalue weighted by molar-refractivity contribution is 6.00. The van der Waals surface area contributed by atoms with Gasteiger partial charge in [-0.3, -0.25) is 4.90 Å². The summed E-state index contributed by atoms with van der Waals surface area (Å²) in [5.41, 5.74) is 1.61.